The number of nitrogens with one attached hydrogen (secondary N) is 1. The lowest BCUT2D eigenvalue weighted by atomic mass is 9.74. The topological polar surface area (TPSA) is 111 Å². The monoisotopic (exact) mass is 538 g/mol. The van der Waals surface area contributed by atoms with Crippen molar-refractivity contribution in [1.82, 2.24) is 4.72 Å². The minimum Gasteiger partial charge on any atom is -0.491 e. The van der Waals surface area contributed by atoms with Gasteiger partial charge in [-0.05, 0) is 54.0 Å². The molecular weight excluding hydrogens is 500 g/mol. The number of sulfonamides is 1. The van der Waals surface area contributed by atoms with Crippen molar-refractivity contribution in [2.45, 2.75) is 76.5 Å². The molecule has 0 aliphatic carbocycles. The smallest absolute Gasteiger partial charge is 0.320 e. The van der Waals surface area contributed by atoms with Crippen LogP contribution in [0.25, 0.3) is 0 Å². The SMILES string of the molecule is CCc1cc(C(CC)(CC)c2ccc(S(=O)(=O)NCC(=O)OC)s2)ccc1OCC(N=O)C(C)(C)C. The molecule has 1 heterocycles. The van der Waals surface area contributed by atoms with Gasteiger partial charge in [-0.3, -0.25) is 4.79 Å². The number of methoxy groups -OCH3 is 1. The van der Waals surface area contributed by atoms with E-state index in [1.807, 2.05) is 45.9 Å². The molecule has 1 atom stereocenters. The Morgan fingerprint density at radius 2 is 1.78 bits per heavy atom. The summed E-state index contributed by atoms with van der Waals surface area (Å²) in [6, 6.07) is 9.03. The molecule has 36 heavy (non-hydrogen) atoms. The molecule has 1 aromatic heterocycles. The summed E-state index contributed by atoms with van der Waals surface area (Å²) in [6.07, 6.45) is 2.27. The van der Waals surface area contributed by atoms with Crippen molar-refractivity contribution in [3.8, 4) is 5.75 Å². The molecular formula is C26H38N2O6S2. The van der Waals surface area contributed by atoms with Crippen LogP contribution in [-0.4, -0.2) is 40.7 Å². The Hall–Kier alpha value is -2.30. The van der Waals surface area contributed by atoms with E-state index in [0.717, 1.165) is 41.0 Å². The molecule has 0 radical (unpaired) electrons. The van der Waals surface area contributed by atoms with Gasteiger partial charge in [0, 0.05) is 10.3 Å². The Morgan fingerprint density at radius 3 is 2.31 bits per heavy atom. The van der Waals surface area contributed by atoms with Gasteiger partial charge in [-0.1, -0.05) is 58.9 Å². The standard InChI is InChI=1S/C26H38N2O6S2/c1-8-18-15-19(11-12-20(18)34-17-21(28-30)25(4,5)6)26(9-2,10-3)22-13-14-24(35-22)36(31,32)27-16-23(29)33-7/h11-15,21,27H,8-10,16-17H2,1-7H3. The molecule has 2 aromatic rings. The lowest BCUT2D eigenvalue weighted by molar-refractivity contribution is -0.139. The van der Waals surface area contributed by atoms with E-state index in [0.29, 0.717) is 0 Å². The van der Waals surface area contributed by atoms with Gasteiger partial charge < -0.3 is 9.47 Å². The fourth-order valence-electron chi connectivity index (χ4n) is 4.07. The molecule has 0 saturated carbocycles. The molecule has 1 aromatic carbocycles. The number of rotatable bonds is 13. The van der Waals surface area contributed by atoms with Crippen LogP contribution in [0.3, 0.4) is 0 Å². The number of hydrogen-bond donors (Lipinski definition) is 1. The van der Waals surface area contributed by atoms with Gasteiger partial charge in [-0.15, -0.1) is 11.3 Å². The Morgan fingerprint density at radius 1 is 1.11 bits per heavy atom. The molecule has 8 nitrogen and oxygen atoms in total. The first-order valence-electron chi connectivity index (χ1n) is 12.1. The molecule has 2 rings (SSSR count). The van der Waals surface area contributed by atoms with Crippen molar-refractivity contribution in [2.24, 2.45) is 10.6 Å². The van der Waals surface area contributed by atoms with Gasteiger partial charge in [-0.2, -0.15) is 9.63 Å². The van der Waals surface area contributed by atoms with Gasteiger partial charge in [0.1, 0.15) is 29.2 Å². The molecule has 0 spiro atoms. The molecule has 1 N–H and O–H groups in total. The number of nitrogens with zero attached hydrogens (tertiary/aromatic N) is 1. The van der Waals surface area contributed by atoms with E-state index < -0.39 is 28.6 Å². The Labute approximate surface area is 218 Å². The summed E-state index contributed by atoms with van der Waals surface area (Å²) in [6.45, 7) is 11.9. The van der Waals surface area contributed by atoms with Crippen LogP contribution < -0.4 is 9.46 Å². The molecule has 0 aliphatic rings. The van der Waals surface area contributed by atoms with Crippen LogP contribution in [0.15, 0.2) is 39.7 Å². The zero-order valence-corrected chi connectivity index (χ0v) is 23.8. The number of esters is 1. The van der Waals surface area contributed by atoms with Crippen molar-refractivity contribution in [3.63, 3.8) is 0 Å². The highest BCUT2D eigenvalue weighted by Gasteiger charge is 2.34. The van der Waals surface area contributed by atoms with E-state index in [4.69, 9.17) is 4.74 Å². The molecule has 0 fully saturated rings. The largest absolute Gasteiger partial charge is 0.491 e. The maximum Gasteiger partial charge on any atom is 0.320 e. The lowest BCUT2D eigenvalue weighted by Crippen LogP contribution is -2.30. The first-order valence-corrected chi connectivity index (χ1v) is 14.4. The second-order valence-corrected chi connectivity index (χ2v) is 12.9. The van der Waals surface area contributed by atoms with Crippen LogP contribution >= 0.6 is 11.3 Å². The average molecular weight is 539 g/mol. The molecule has 0 saturated heterocycles. The number of aryl methyl sites for hydroxylation is 1. The summed E-state index contributed by atoms with van der Waals surface area (Å²) < 4.78 is 38.4. The zero-order valence-electron chi connectivity index (χ0n) is 22.2. The molecule has 200 valence electrons. The molecule has 10 heteroatoms. The number of carbonyl (C=O) groups is 1. The van der Waals surface area contributed by atoms with Gasteiger partial charge in [-0.25, -0.2) is 8.42 Å². The Kier molecular flexibility index (Phi) is 10.2. The second kappa shape index (κ2) is 12.3. The maximum absolute atomic E-state index is 12.7. The Bertz CT molecular complexity index is 1150. The fraction of sp³-hybridized carbons (Fsp3) is 0.577. The van der Waals surface area contributed by atoms with E-state index in [1.165, 1.54) is 18.4 Å². The number of thiophene rings is 1. The predicted octanol–water partition coefficient (Wildman–Crippen LogP) is 5.43. The maximum atomic E-state index is 12.7. The predicted molar refractivity (Wildman–Crippen MR) is 143 cm³/mol. The molecule has 1 unspecified atom stereocenters. The van der Waals surface area contributed by atoms with E-state index in [-0.39, 0.29) is 21.6 Å². The van der Waals surface area contributed by atoms with Crippen LogP contribution in [0.1, 0.15) is 70.4 Å². The summed E-state index contributed by atoms with van der Waals surface area (Å²) in [5.41, 5.74) is 1.41. The van der Waals surface area contributed by atoms with Gasteiger partial charge in [0.2, 0.25) is 0 Å². The normalized spacial score (nSPS) is 13.3. The van der Waals surface area contributed by atoms with Gasteiger partial charge in [0.25, 0.3) is 10.0 Å². The van der Waals surface area contributed by atoms with Crippen molar-refractivity contribution in [2.75, 3.05) is 20.3 Å². The molecule has 0 amide bonds. The van der Waals surface area contributed by atoms with E-state index in [2.05, 4.69) is 34.5 Å². The summed E-state index contributed by atoms with van der Waals surface area (Å²) in [4.78, 5) is 23.6. The van der Waals surface area contributed by atoms with E-state index in [1.54, 1.807) is 6.07 Å². The van der Waals surface area contributed by atoms with Crippen LogP contribution in [0.4, 0.5) is 0 Å². The first kappa shape index (κ1) is 29.9. The van der Waals surface area contributed by atoms with Gasteiger partial charge >= 0.3 is 5.97 Å². The summed E-state index contributed by atoms with van der Waals surface area (Å²) in [5, 5.41) is 3.25. The summed E-state index contributed by atoms with van der Waals surface area (Å²) in [7, 11) is -2.63. The van der Waals surface area contributed by atoms with Crippen LogP contribution in [0.2, 0.25) is 0 Å². The van der Waals surface area contributed by atoms with Crippen LogP contribution in [-0.2, 0) is 31.4 Å². The highest BCUT2D eigenvalue weighted by Crippen LogP contribution is 2.44. The average Bonchev–Trinajstić information content (AvgIpc) is 3.35. The third kappa shape index (κ3) is 6.72. The summed E-state index contributed by atoms with van der Waals surface area (Å²) >= 11 is 1.21. The van der Waals surface area contributed by atoms with E-state index >= 15 is 0 Å². The highest BCUT2D eigenvalue weighted by molar-refractivity contribution is 7.91. The van der Waals surface area contributed by atoms with Crippen LogP contribution in [0.5, 0.6) is 5.75 Å². The van der Waals surface area contributed by atoms with Gasteiger partial charge in [0.05, 0.1) is 7.11 Å². The third-order valence-electron chi connectivity index (χ3n) is 6.68. The first-order chi connectivity index (χ1) is 16.9. The molecule has 0 aliphatic heterocycles. The Balaban J connectivity index is 2.40. The number of nitroso groups, excluding NO2 is 1. The van der Waals surface area contributed by atoms with Crippen molar-refractivity contribution in [3.05, 3.63) is 51.2 Å². The van der Waals surface area contributed by atoms with Crippen molar-refractivity contribution >= 4 is 27.3 Å². The van der Waals surface area contributed by atoms with Crippen molar-refractivity contribution in [1.29, 1.82) is 0 Å². The molecule has 0 bridgehead atoms. The zero-order chi connectivity index (χ0) is 27.1. The summed E-state index contributed by atoms with van der Waals surface area (Å²) in [5.74, 6) is 0.0701. The van der Waals surface area contributed by atoms with Crippen molar-refractivity contribution < 1.29 is 22.7 Å². The highest BCUT2D eigenvalue weighted by atomic mass is 32.2. The third-order valence-corrected chi connectivity index (χ3v) is 9.86. The van der Waals surface area contributed by atoms with E-state index in [9.17, 15) is 18.1 Å². The van der Waals surface area contributed by atoms with Crippen LogP contribution in [0, 0.1) is 10.3 Å². The number of benzene rings is 1. The minimum absolute atomic E-state index is 0.151. The number of carbonyl (C=O) groups excluding carboxylic acids is 1. The lowest BCUT2D eigenvalue weighted by Gasteiger charge is -2.32. The quantitative estimate of drug-likeness (QED) is 0.269. The minimum atomic E-state index is -3.84. The number of hydrogen-bond acceptors (Lipinski definition) is 8. The van der Waals surface area contributed by atoms with Gasteiger partial charge in [0.15, 0.2) is 0 Å². The number of ether oxygens (including phenoxy) is 2. The fourth-order valence-corrected chi connectivity index (χ4v) is 6.74. The second-order valence-electron chi connectivity index (χ2n) is 9.78.